The molecule has 6 heterocycles. The van der Waals surface area contributed by atoms with E-state index in [1.54, 1.807) is 29.2 Å². The fraction of sp³-hybridized carbons (Fsp3) is 0.200. The number of hydrogen-bond donors (Lipinski definition) is 1. The van der Waals surface area contributed by atoms with E-state index in [-0.39, 0.29) is 5.82 Å². The minimum atomic E-state index is -0.278. The first-order valence-corrected chi connectivity index (χ1v) is 13.1. The summed E-state index contributed by atoms with van der Waals surface area (Å²) in [5.41, 5.74) is 7.09. The number of fused-ring (bicyclic) bond motifs is 4. The van der Waals surface area contributed by atoms with Crippen LogP contribution in [0, 0.1) is 5.82 Å². The molecule has 0 radical (unpaired) electrons. The lowest BCUT2D eigenvalue weighted by molar-refractivity contribution is 0.0273. The number of nitrogens with one attached hydrogen (secondary N) is 1. The average molecular weight is 518 g/mol. The molecule has 2 aliphatic heterocycles. The summed E-state index contributed by atoms with van der Waals surface area (Å²) in [6, 6.07) is 17.6. The molecule has 1 N–H and O–H groups in total. The Labute approximate surface area is 223 Å². The van der Waals surface area contributed by atoms with Gasteiger partial charge in [0.15, 0.2) is 5.65 Å². The highest BCUT2D eigenvalue weighted by Crippen LogP contribution is 2.39. The predicted molar refractivity (Wildman–Crippen MR) is 145 cm³/mol. The predicted octanol–water partition coefficient (Wildman–Crippen LogP) is 5.11. The molecule has 6 aromatic rings. The van der Waals surface area contributed by atoms with Crippen LogP contribution >= 0.6 is 0 Å². The highest BCUT2D eigenvalue weighted by atomic mass is 19.1. The van der Waals surface area contributed by atoms with E-state index < -0.39 is 0 Å². The van der Waals surface area contributed by atoms with E-state index in [2.05, 4.69) is 20.1 Å². The van der Waals surface area contributed by atoms with Crippen LogP contribution in [0.1, 0.15) is 12.0 Å². The van der Waals surface area contributed by atoms with Crippen LogP contribution in [-0.2, 0) is 11.3 Å². The monoisotopic (exact) mass is 517 g/mol. The molecule has 2 saturated heterocycles. The van der Waals surface area contributed by atoms with Gasteiger partial charge >= 0.3 is 0 Å². The van der Waals surface area contributed by atoms with Gasteiger partial charge in [0.05, 0.1) is 35.7 Å². The molecule has 0 aliphatic carbocycles. The van der Waals surface area contributed by atoms with Crippen molar-refractivity contribution in [3.63, 3.8) is 0 Å². The van der Waals surface area contributed by atoms with Crippen LogP contribution in [0.4, 0.5) is 4.39 Å². The smallest absolute Gasteiger partial charge is 0.164 e. The van der Waals surface area contributed by atoms with Gasteiger partial charge in [-0.25, -0.2) is 13.9 Å². The Kier molecular flexibility index (Phi) is 5.07. The molecule has 0 saturated carbocycles. The number of H-pyrrole nitrogens is 1. The summed E-state index contributed by atoms with van der Waals surface area (Å²) >= 11 is 0. The first kappa shape index (κ1) is 22.5. The highest BCUT2D eigenvalue weighted by Gasteiger charge is 2.38. The Morgan fingerprint density at radius 1 is 1.03 bits per heavy atom. The summed E-state index contributed by atoms with van der Waals surface area (Å²) in [6.07, 6.45) is 8.41. The first-order valence-electron chi connectivity index (χ1n) is 13.1. The summed E-state index contributed by atoms with van der Waals surface area (Å²) in [5, 5.41) is 13.3. The topological polar surface area (TPSA) is 84.2 Å². The van der Waals surface area contributed by atoms with Crippen molar-refractivity contribution in [3.8, 4) is 33.6 Å². The van der Waals surface area contributed by atoms with Crippen LogP contribution in [0.15, 0.2) is 79.4 Å². The van der Waals surface area contributed by atoms with E-state index >= 15 is 4.39 Å². The fourth-order valence-electron chi connectivity index (χ4n) is 6.07. The molecule has 2 aromatic carbocycles. The molecular weight excluding hydrogens is 493 g/mol. The van der Waals surface area contributed by atoms with Crippen LogP contribution in [0.2, 0.25) is 0 Å². The van der Waals surface area contributed by atoms with Crippen molar-refractivity contribution in [2.45, 2.75) is 25.1 Å². The van der Waals surface area contributed by atoms with Gasteiger partial charge in [-0.05, 0) is 53.9 Å². The molecule has 2 bridgehead atoms. The van der Waals surface area contributed by atoms with Gasteiger partial charge in [-0.15, -0.1) is 0 Å². The van der Waals surface area contributed by atoms with E-state index in [1.165, 1.54) is 0 Å². The number of rotatable bonds is 5. The second kappa shape index (κ2) is 8.79. The lowest BCUT2D eigenvalue weighted by Crippen LogP contribution is -2.36. The zero-order valence-electron chi connectivity index (χ0n) is 21.0. The second-order valence-electron chi connectivity index (χ2n) is 10.3. The summed E-state index contributed by atoms with van der Waals surface area (Å²) in [7, 11) is 0. The van der Waals surface area contributed by atoms with Gasteiger partial charge in [0.1, 0.15) is 11.5 Å². The van der Waals surface area contributed by atoms with Gasteiger partial charge in [0.25, 0.3) is 0 Å². The first-order chi connectivity index (χ1) is 19.2. The number of nitrogens with zero attached hydrogens (tertiary/aromatic N) is 6. The van der Waals surface area contributed by atoms with Crippen LogP contribution in [0.25, 0.3) is 50.2 Å². The molecule has 1 unspecified atom stereocenters. The number of hydrogen-bond acceptors (Lipinski definition) is 6. The van der Waals surface area contributed by atoms with Gasteiger partial charge in [-0.3, -0.25) is 15.0 Å². The van der Waals surface area contributed by atoms with E-state index in [1.807, 2.05) is 54.7 Å². The molecule has 0 spiro atoms. The fourth-order valence-corrected chi connectivity index (χ4v) is 6.07. The maximum atomic E-state index is 15.7. The van der Waals surface area contributed by atoms with E-state index in [0.29, 0.717) is 29.1 Å². The molecule has 4 aromatic heterocycles. The Morgan fingerprint density at radius 2 is 1.95 bits per heavy atom. The van der Waals surface area contributed by atoms with E-state index in [0.717, 1.165) is 65.0 Å². The number of aromatic amines is 1. The Balaban J connectivity index is 1.27. The van der Waals surface area contributed by atoms with Crippen LogP contribution in [0.5, 0.6) is 0 Å². The largest absolute Gasteiger partial charge is 0.375 e. The van der Waals surface area contributed by atoms with Gasteiger partial charge in [0.2, 0.25) is 0 Å². The minimum Gasteiger partial charge on any atom is -0.375 e. The van der Waals surface area contributed by atoms with Crippen molar-refractivity contribution >= 4 is 16.6 Å². The van der Waals surface area contributed by atoms with Gasteiger partial charge in [-0.1, -0.05) is 18.2 Å². The van der Waals surface area contributed by atoms with Crippen molar-refractivity contribution in [1.29, 1.82) is 0 Å². The third kappa shape index (κ3) is 3.65. The Bertz CT molecular complexity index is 1850. The summed E-state index contributed by atoms with van der Waals surface area (Å²) in [4.78, 5) is 11.3. The zero-order valence-corrected chi connectivity index (χ0v) is 21.0. The number of benzene rings is 2. The van der Waals surface area contributed by atoms with Gasteiger partial charge < -0.3 is 4.74 Å². The zero-order chi connectivity index (χ0) is 25.9. The Morgan fingerprint density at radius 3 is 2.77 bits per heavy atom. The molecule has 2 fully saturated rings. The lowest BCUT2D eigenvalue weighted by Gasteiger charge is -2.26. The summed E-state index contributed by atoms with van der Waals surface area (Å²) < 4.78 is 23.2. The SMILES string of the molecule is Fc1cc(CN2CC3C[C@H]2CO3)ccc1-c1ccnc2c(-c3cccc4[nH]ncc34)c(-c3ccncc3)nn12. The molecule has 192 valence electrons. The number of likely N-dealkylation sites (tertiary alicyclic amines) is 1. The summed E-state index contributed by atoms with van der Waals surface area (Å²) in [6.45, 7) is 2.41. The molecule has 39 heavy (non-hydrogen) atoms. The lowest BCUT2D eigenvalue weighted by atomic mass is 9.99. The molecule has 8 nitrogen and oxygen atoms in total. The van der Waals surface area contributed by atoms with Crippen LogP contribution in [-0.4, -0.2) is 60.0 Å². The Hall–Kier alpha value is -4.47. The molecule has 2 atom stereocenters. The second-order valence-corrected chi connectivity index (χ2v) is 10.3. The third-order valence-corrected chi connectivity index (χ3v) is 7.94. The molecule has 9 heteroatoms. The summed E-state index contributed by atoms with van der Waals surface area (Å²) in [5.74, 6) is -0.278. The maximum absolute atomic E-state index is 15.7. The quantitative estimate of drug-likeness (QED) is 0.342. The van der Waals surface area contributed by atoms with Crippen LogP contribution < -0.4 is 0 Å². The average Bonchev–Trinajstić information content (AvgIpc) is 3.77. The normalized spacial score (nSPS) is 19.0. The van der Waals surface area contributed by atoms with E-state index in [9.17, 15) is 0 Å². The van der Waals surface area contributed by atoms with Crippen molar-refractivity contribution in [3.05, 3.63) is 90.8 Å². The van der Waals surface area contributed by atoms with Crippen molar-refractivity contribution in [2.75, 3.05) is 13.2 Å². The number of morpholine rings is 1. The third-order valence-electron chi connectivity index (χ3n) is 7.94. The van der Waals surface area contributed by atoms with Gasteiger partial charge in [0, 0.05) is 54.2 Å². The number of ether oxygens (including phenoxy) is 1. The molecule has 0 amide bonds. The highest BCUT2D eigenvalue weighted by molar-refractivity contribution is 6.02. The van der Waals surface area contributed by atoms with E-state index in [4.69, 9.17) is 14.8 Å². The van der Waals surface area contributed by atoms with Crippen molar-refractivity contribution in [1.82, 2.24) is 34.7 Å². The standard InChI is InChI=1S/C30H24FN7O/c31-25-12-18(15-37-16-21-13-20(37)17-39-21)4-5-23(25)27-8-11-33-30-28(22-2-1-3-26-24(22)14-34-35-26)29(36-38(27)30)19-6-9-32-10-7-19/h1-12,14,20-21H,13,15-17H2,(H,34,35)/t20-,21?/m0/s1. The van der Waals surface area contributed by atoms with Crippen molar-refractivity contribution < 1.29 is 9.13 Å². The number of pyridine rings is 1. The minimum absolute atomic E-state index is 0.278. The van der Waals surface area contributed by atoms with Crippen molar-refractivity contribution in [2.24, 2.45) is 0 Å². The number of aromatic nitrogens is 6. The number of halogens is 1. The maximum Gasteiger partial charge on any atom is 0.164 e. The van der Waals surface area contributed by atoms with Crippen LogP contribution in [0.3, 0.4) is 0 Å². The molecular formula is C30H24FN7O. The van der Waals surface area contributed by atoms with Gasteiger partial charge in [-0.2, -0.15) is 10.2 Å². The molecule has 2 aliphatic rings. The molecule has 8 rings (SSSR count).